The van der Waals surface area contributed by atoms with Crippen LogP contribution in [0.5, 0.6) is 0 Å². The standard InChI is InChI=1S/C21H24N2O3/c24-12-11-18-19(20(25)22-13-16-7-3-1-4-8-16)15-23(21(18)26)14-17-9-5-2-6-10-17/h1-10,18-19,24H,11-15H2,(H,22,25)/t18-,19+/m0/s1. The summed E-state index contributed by atoms with van der Waals surface area (Å²) in [5, 5.41) is 12.3. The van der Waals surface area contributed by atoms with Gasteiger partial charge in [-0.1, -0.05) is 60.7 Å². The van der Waals surface area contributed by atoms with E-state index in [-0.39, 0.29) is 18.4 Å². The third-order valence-corrected chi connectivity index (χ3v) is 4.83. The quantitative estimate of drug-likeness (QED) is 0.800. The van der Waals surface area contributed by atoms with E-state index in [4.69, 9.17) is 0 Å². The van der Waals surface area contributed by atoms with E-state index in [0.717, 1.165) is 11.1 Å². The Balaban J connectivity index is 1.66. The lowest BCUT2D eigenvalue weighted by Crippen LogP contribution is -2.35. The number of benzene rings is 2. The normalized spacial score (nSPS) is 19.6. The van der Waals surface area contributed by atoms with Crippen LogP contribution in [-0.4, -0.2) is 35.0 Å². The molecule has 0 saturated carbocycles. The van der Waals surface area contributed by atoms with Crippen LogP contribution < -0.4 is 5.32 Å². The molecule has 1 aliphatic heterocycles. The van der Waals surface area contributed by atoms with E-state index in [9.17, 15) is 14.7 Å². The van der Waals surface area contributed by atoms with Gasteiger partial charge >= 0.3 is 0 Å². The molecule has 0 bridgehead atoms. The summed E-state index contributed by atoms with van der Waals surface area (Å²) < 4.78 is 0. The van der Waals surface area contributed by atoms with E-state index in [1.165, 1.54) is 0 Å². The van der Waals surface area contributed by atoms with Gasteiger partial charge in [0, 0.05) is 26.2 Å². The van der Waals surface area contributed by atoms with Crippen LogP contribution in [0.4, 0.5) is 0 Å². The van der Waals surface area contributed by atoms with Gasteiger partial charge in [-0.3, -0.25) is 9.59 Å². The summed E-state index contributed by atoms with van der Waals surface area (Å²) in [6.45, 7) is 1.22. The second-order valence-corrected chi connectivity index (χ2v) is 6.63. The second kappa shape index (κ2) is 8.63. The van der Waals surface area contributed by atoms with Crippen molar-refractivity contribution in [3.05, 3.63) is 71.8 Å². The van der Waals surface area contributed by atoms with Gasteiger partial charge in [0.25, 0.3) is 0 Å². The minimum atomic E-state index is -0.459. The fourth-order valence-electron chi connectivity index (χ4n) is 3.45. The van der Waals surface area contributed by atoms with Crippen molar-refractivity contribution in [2.24, 2.45) is 11.8 Å². The van der Waals surface area contributed by atoms with Crippen LogP contribution in [0.2, 0.25) is 0 Å². The molecule has 0 aliphatic carbocycles. The summed E-state index contributed by atoms with van der Waals surface area (Å²) in [6, 6.07) is 19.4. The van der Waals surface area contributed by atoms with Crippen molar-refractivity contribution in [3.8, 4) is 0 Å². The number of carbonyl (C=O) groups is 2. The summed E-state index contributed by atoms with van der Waals surface area (Å²) in [7, 11) is 0. The highest BCUT2D eigenvalue weighted by molar-refractivity contribution is 5.91. The van der Waals surface area contributed by atoms with Crippen LogP contribution in [0.25, 0.3) is 0 Å². The maximum Gasteiger partial charge on any atom is 0.226 e. The van der Waals surface area contributed by atoms with Crippen molar-refractivity contribution < 1.29 is 14.7 Å². The van der Waals surface area contributed by atoms with Gasteiger partial charge in [0.1, 0.15) is 0 Å². The molecular weight excluding hydrogens is 328 g/mol. The number of aliphatic hydroxyl groups excluding tert-OH is 1. The smallest absolute Gasteiger partial charge is 0.226 e. The molecule has 136 valence electrons. The maximum absolute atomic E-state index is 12.7. The SMILES string of the molecule is O=C(NCc1ccccc1)[C@@H]1CN(Cc2ccccc2)C(=O)[C@H]1CCO. The number of aliphatic hydroxyl groups is 1. The van der Waals surface area contributed by atoms with Gasteiger partial charge in [-0.05, 0) is 17.5 Å². The van der Waals surface area contributed by atoms with E-state index in [1.807, 2.05) is 60.7 Å². The highest BCUT2D eigenvalue weighted by Crippen LogP contribution is 2.29. The third-order valence-electron chi connectivity index (χ3n) is 4.83. The number of likely N-dealkylation sites (tertiary alicyclic amines) is 1. The first-order chi connectivity index (χ1) is 12.7. The molecule has 5 heteroatoms. The fraction of sp³-hybridized carbons (Fsp3) is 0.333. The van der Waals surface area contributed by atoms with Crippen LogP contribution >= 0.6 is 0 Å². The number of hydrogen-bond acceptors (Lipinski definition) is 3. The first kappa shape index (κ1) is 18.1. The number of nitrogens with one attached hydrogen (secondary N) is 1. The van der Waals surface area contributed by atoms with Crippen LogP contribution in [0.1, 0.15) is 17.5 Å². The van der Waals surface area contributed by atoms with Gasteiger partial charge in [0.15, 0.2) is 0 Å². The number of amides is 2. The third kappa shape index (κ3) is 4.29. The highest BCUT2D eigenvalue weighted by atomic mass is 16.3. The Kier molecular flexibility index (Phi) is 6.02. The Morgan fingerprint density at radius 2 is 1.65 bits per heavy atom. The first-order valence-corrected chi connectivity index (χ1v) is 8.94. The van der Waals surface area contributed by atoms with E-state index >= 15 is 0 Å². The monoisotopic (exact) mass is 352 g/mol. The minimum Gasteiger partial charge on any atom is -0.396 e. The molecule has 0 aromatic heterocycles. The van der Waals surface area contributed by atoms with Crippen molar-refractivity contribution in [1.82, 2.24) is 10.2 Å². The lowest BCUT2D eigenvalue weighted by atomic mass is 9.92. The zero-order chi connectivity index (χ0) is 18.4. The average Bonchev–Trinajstić information content (AvgIpc) is 2.98. The summed E-state index contributed by atoms with van der Waals surface area (Å²) in [5.74, 6) is -1.07. The zero-order valence-electron chi connectivity index (χ0n) is 14.7. The zero-order valence-corrected chi connectivity index (χ0v) is 14.7. The van der Waals surface area contributed by atoms with Gasteiger partial charge < -0.3 is 15.3 Å². The highest BCUT2D eigenvalue weighted by Gasteiger charge is 2.43. The first-order valence-electron chi connectivity index (χ1n) is 8.94. The number of carbonyl (C=O) groups excluding carboxylic acids is 2. The summed E-state index contributed by atoms with van der Waals surface area (Å²) in [5.41, 5.74) is 2.05. The molecule has 0 radical (unpaired) electrons. The minimum absolute atomic E-state index is 0.0530. The van der Waals surface area contributed by atoms with Crippen molar-refractivity contribution in [2.75, 3.05) is 13.2 Å². The van der Waals surface area contributed by atoms with Crippen molar-refractivity contribution in [2.45, 2.75) is 19.5 Å². The molecule has 5 nitrogen and oxygen atoms in total. The number of hydrogen-bond donors (Lipinski definition) is 2. The van der Waals surface area contributed by atoms with Gasteiger partial charge in [0.2, 0.25) is 11.8 Å². The van der Waals surface area contributed by atoms with E-state index in [1.54, 1.807) is 4.90 Å². The molecule has 3 rings (SSSR count). The Morgan fingerprint density at radius 3 is 2.27 bits per heavy atom. The lowest BCUT2D eigenvalue weighted by Gasteiger charge is -2.16. The molecule has 2 amide bonds. The molecule has 0 unspecified atom stereocenters. The van der Waals surface area contributed by atoms with Crippen LogP contribution in [0.3, 0.4) is 0 Å². The molecule has 2 aromatic carbocycles. The van der Waals surface area contributed by atoms with Gasteiger partial charge in [-0.25, -0.2) is 0 Å². The predicted octanol–water partition coefficient (Wildman–Crippen LogP) is 1.96. The number of nitrogens with zero attached hydrogens (tertiary/aromatic N) is 1. The molecule has 1 aliphatic rings. The topological polar surface area (TPSA) is 69.6 Å². The summed E-state index contributed by atoms with van der Waals surface area (Å²) >= 11 is 0. The van der Waals surface area contributed by atoms with Crippen molar-refractivity contribution in [1.29, 1.82) is 0 Å². The lowest BCUT2D eigenvalue weighted by molar-refractivity contribution is -0.134. The molecule has 26 heavy (non-hydrogen) atoms. The van der Waals surface area contributed by atoms with Crippen LogP contribution in [0, 0.1) is 11.8 Å². The van der Waals surface area contributed by atoms with E-state index < -0.39 is 11.8 Å². The summed E-state index contributed by atoms with van der Waals surface area (Å²) in [6.07, 6.45) is 0.313. The van der Waals surface area contributed by atoms with Crippen molar-refractivity contribution >= 4 is 11.8 Å². The van der Waals surface area contributed by atoms with E-state index in [0.29, 0.717) is 26.1 Å². The van der Waals surface area contributed by atoms with E-state index in [2.05, 4.69) is 5.32 Å². The fourth-order valence-corrected chi connectivity index (χ4v) is 3.45. The Morgan fingerprint density at radius 1 is 1.04 bits per heavy atom. The molecule has 2 N–H and O–H groups in total. The van der Waals surface area contributed by atoms with Crippen LogP contribution in [-0.2, 0) is 22.7 Å². The van der Waals surface area contributed by atoms with Crippen LogP contribution in [0.15, 0.2) is 60.7 Å². The Bertz CT molecular complexity index is 733. The van der Waals surface area contributed by atoms with Gasteiger partial charge in [0.05, 0.1) is 11.8 Å². The number of rotatable bonds is 7. The molecule has 2 aromatic rings. The second-order valence-electron chi connectivity index (χ2n) is 6.63. The van der Waals surface area contributed by atoms with Gasteiger partial charge in [-0.2, -0.15) is 0 Å². The average molecular weight is 352 g/mol. The largest absolute Gasteiger partial charge is 0.396 e. The molecular formula is C21H24N2O3. The Labute approximate surface area is 153 Å². The molecule has 1 heterocycles. The molecule has 1 saturated heterocycles. The Hall–Kier alpha value is -2.66. The summed E-state index contributed by atoms with van der Waals surface area (Å²) in [4.78, 5) is 27.1. The molecule has 2 atom stereocenters. The molecule has 0 spiro atoms. The van der Waals surface area contributed by atoms with Crippen molar-refractivity contribution in [3.63, 3.8) is 0 Å². The van der Waals surface area contributed by atoms with Gasteiger partial charge in [-0.15, -0.1) is 0 Å². The maximum atomic E-state index is 12.7. The predicted molar refractivity (Wildman–Crippen MR) is 98.8 cm³/mol. The molecule has 1 fully saturated rings.